The van der Waals surface area contributed by atoms with Crippen LogP contribution in [0.4, 0.5) is 0 Å². The number of hydrogen-bond acceptors (Lipinski definition) is 3. The van der Waals surface area contributed by atoms with Gasteiger partial charge in [0.05, 0.1) is 6.54 Å². The first-order chi connectivity index (χ1) is 9.66. The van der Waals surface area contributed by atoms with Gasteiger partial charge in [-0.1, -0.05) is 12.8 Å². The summed E-state index contributed by atoms with van der Waals surface area (Å²) in [5, 5.41) is 0. The average molecular weight is 279 g/mol. The number of fused-ring (bicyclic) bond motifs is 1. The molecule has 1 aliphatic carbocycles. The van der Waals surface area contributed by atoms with E-state index in [1.807, 2.05) is 0 Å². The van der Waals surface area contributed by atoms with Gasteiger partial charge in [-0.3, -0.25) is 9.59 Å². The molecule has 0 aromatic heterocycles. The summed E-state index contributed by atoms with van der Waals surface area (Å²) in [4.78, 5) is 28.2. The van der Waals surface area contributed by atoms with E-state index in [1.54, 1.807) is 9.80 Å². The quantitative estimate of drug-likeness (QED) is 0.828. The van der Waals surface area contributed by atoms with Crippen LogP contribution in [0.5, 0.6) is 0 Å². The maximum absolute atomic E-state index is 12.5. The molecule has 2 N–H and O–H groups in total. The van der Waals surface area contributed by atoms with Crippen molar-refractivity contribution >= 4 is 11.8 Å². The number of carbonyl (C=O) groups is 2. The highest BCUT2D eigenvalue weighted by molar-refractivity contribution is 5.95. The number of piperazine rings is 1. The zero-order valence-electron chi connectivity index (χ0n) is 12.1. The molecule has 3 rings (SSSR count). The Labute approximate surface area is 120 Å². The monoisotopic (exact) mass is 279 g/mol. The van der Waals surface area contributed by atoms with Crippen LogP contribution in [0.25, 0.3) is 0 Å². The first-order valence-corrected chi connectivity index (χ1v) is 8.00. The van der Waals surface area contributed by atoms with Gasteiger partial charge < -0.3 is 15.5 Å². The summed E-state index contributed by atoms with van der Waals surface area (Å²) in [6.07, 6.45) is 7.74. The Morgan fingerprint density at radius 1 is 1.10 bits per heavy atom. The molecule has 20 heavy (non-hydrogen) atoms. The van der Waals surface area contributed by atoms with E-state index >= 15 is 0 Å². The number of amides is 2. The van der Waals surface area contributed by atoms with Crippen LogP contribution >= 0.6 is 0 Å². The molecule has 0 spiro atoms. The van der Waals surface area contributed by atoms with Gasteiger partial charge >= 0.3 is 0 Å². The molecular weight excluding hydrogens is 254 g/mol. The third kappa shape index (κ3) is 2.55. The Bertz CT molecular complexity index is 393. The third-order valence-electron chi connectivity index (χ3n) is 5.18. The molecule has 2 unspecified atom stereocenters. The van der Waals surface area contributed by atoms with E-state index in [2.05, 4.69) is 0 Å². The van der Waals surface area contributed by atoms with Crippen LogP contribution in [0.3, 0.4) is 0 Å². The maximum Gasteiger partial charge on any atom is 0.245 e. The standard InChI is InChI=1S/C15H25N3O2/c16-12(11-5-1-2-6-11)9-17-10-14(19)18-8-4-3-7-13(18)15(17)20/h11-13H,1-10,16H2. The van der Waals surface area contributed by atoms with Crippen LogP contribution in [0.1, 0.15) is 44.9 Å². The second-order valence-corrected chi connectivity index (χ2v) is 6.53. The molecule has 0 aromatic rings. The van der Waals surface area contributed by atoms with Crippen molar-refractivity contribution in [2.45, 2.75) is 57.0 Å². The normalized spacial score (nSPS) is 29.8. The largest absolute Gasteiger partial charge is 0.330 e. The first kappa shape index (κ1) is 13.9. The smallest absolute Gasteiger partial charge is 0.245 e. The molecular formula is C15H25N3O2. The van der Waals surface area contributed by atoms with Gasteiger partial charge in [0.25, 0.3) is 0 Å². The van der Waals surface area contributed by atoms with Crippen molar-refractivity contribution in [3.63, 3.8) is 0 Å². The zero-order valence-corrected chi connectivity index (χ0v) is 12.1. The summed E-state index contributed by atoms with van der Waals surface area (Å²) in [7, 11) is 0. The minimum absolute atomic E-state index is 0.0318. The summed E-state index contributed by atoms with van der Waals surface area (Å²) >= 11 is 0. The SMILES string of the molecule is NC(CN1CC(=O)N2CCCCC2C1=O)C1CCCC1. The molecule has 2 amide bonds. The molecule has 2 aliphatic heterocycles. The van der Waals surface area contributed by atoms with Crippen LogP contribution in [0.2, 0.25) is 0 Å². The average Bonchev–Trinajstić information content (AvgIpc) is 2.99. The summed E-state index contributed by atoms with van der Waals surface area (Å²) in [5.74, 6) is 0.757. The fourth-order valence-corrected chi connectivity index (χ4v) is 3.97. The molecule has 0 bridgehead atoms. The molecule has 3 aliphatic rings. The van der Waals surface area contributed by atoms with Gasteiger partial charge in [0.15, 0.2) is 0 Å². The van der Waals surface area contributed by atoms with E-state index in [1.165, 1.54) is 25.7 Å². The van der Waals surface area contributed by atoms with Crippen molar-refractivity contribution in [1.29, 1.82) is 0 Å². The minimum Gasteiger partial charge on any atom is -0.330 e. The highest BCUT2D eigenvalue weighted by atomic mass is 16.2. The predicted octanol–water partition coefficient (Wildman–Crippen LogP) is 0.727. The van der Waals surface area contributed by atoms with Crippen LogP contribution < -0.4 is 5.73 Å². The highest BCUT2D eigenvalue weighted by Gasteiger charge is 2.41. The first-order valence-electron chi connectivity index (χ1n) is 8.00. The lowest BCUT2D eigenvalue weighted by Crippen LogP contribution is -2.62. The predicted molar refractivity (Wildman–Crippen MR) is 75.9 cm³/mol. The number of hydrogen-bond donors (Lipinski definition) is 1. The van der Waals surface area contributed by atoms with Crippen LogP contribution in [-0.4, -0.2) is 53.3 Å². The molecule has 5 nitrogen and oxygen atoms in total. The van der Waals surface area contributed by atoms with E-state index in [-0.39, 0.29) is 30.4 Å². The van der Waals surface area contributed by atoms with Gasteiger partial charge in [-0.25, -0.2) is 0 Å². The lowest BCUT2D eigenvalue weighted by Gasteiger charge is -2.43. The van der Waals surface area contributed by atoms with Gasteiger partial charge in [-0.05, 0) is 38.0 Å². The van der Waals surface area contributed by atoms with Crippen LogP contribution in [0, 0.1) is 5.92 Å². The molecule has 2 atom stereocenters. The Morgan fingerprint density at radius 3 is 2.55 bits per heavy atom. The fraction of sp³-hybridized carbons (Fsp3) is 0.867. The van der Waals surface area contributed by atoms with Crippen molar-refractivity contribution in [1.82, 2.24) is 9.80 Å². The van der Waals surface area contributed by atoms with Crippen molar-refractivity contribution in [2.75, 3.05) is 19.6 Å². The molecule has 5 heteroatoms. The van der Waals surface area contributed by atoms with E-state index in [0.717, 1.165) is 25.8 Å². The van der Waals surface area contributed by atoms with E-state index < -0.39 is 0 Å². The second-order valence-electron chi connectivity index (χ2n) is 6.53. The molecule has 0 aromatic carbocycles. The van der Waals surface area contributed by atoms with Crippen molar-refractivity contribution in [2.24, 2.45) is 11.7 Å². The van der Waals surface area contributed by atoms with Gasteiger partial charge in [0.1, 0.15) is 6.04 Å². The van der Waals surface area contributed by atoms with E-state index in [9.17, 15) is 9.59 Å². The van der Waals surface area contributed by atoms with Gasteiger partial charge in [0.2, 0.25) is 11.8 Å². The van der Waals surface area contributed by atoms with Gasteiger partial charge in [-0.15, -0.1) is 0 Å². The summed E-state index contributed by atoms with van der Waals surface area (Å²) < 4.78 is 0. The fourth-order valence-electron chi connectivity index (χ4n) is 3.97. The number of carbonyl (C=O) groups excluding carboxylic acids is 2. The molecule has 2 heterocycles. The highest BCUT2D eigenvalue weighted by Crippen LogP contribution is 2.28. The van der Waals surface area contributed by atoms with Crippen molar-refractivity contribution in [3.8, 4) is 0 Å². The van der Waals surface area contributed by atoms with Gasteiger partial charge in [-0.2, -0.15) is 0 Å². The molecule has 1 saturated carbocycles. The van der Waals surface area contributed by atoms with Crippen molar-refractivity contribution < 1.29 is 9.59 Å². The Balaban J connectivity index is 1.64. The molecule has 3 fully saturated rings. The zero-order chi connectivity index (χ0) is 14.1. The lowest BCUT2D eigenvalue weighted by molar-refractivity contribution is -0.158. The van der Waals surface area contributed by atoms with Crippen LogP contribution in [0.15, 0.2) is 0 Å². The Hall–Kier alpha value is -1.10. The number of nitrogens with two attached hydrogens (primary N) is 1. The number of nitrogens with zero attached hydrogens (tertiary/aromatic N) is 2. The lowest BCUT2D eigenvalue weighted by atomic mass is 9.95. The topological polar surface area (TPSA) is 66.6 Å². The summed E-state index contributed by atoms with van der Waals surface area (Å²) in [6.45, 7) is 1.53. The second kappa shape index (κ2) is 5.72. The number of rotatable bonds is 3. The molecule has 2 saturated heterocycles. The number of piperidine rings is 1. The Kier molecular flexibility index (Phi) is 3.96. The summed E-state index contributed by atoms with van der Waals surface area (Å²) in [5.41, 5.74) is 6.27. The maximum atomic E-state index is 12.5. The van der Waals surface area contributed by atoms with Gasteiger partial charge in [0, 0.05) is 19.1 Å². The third-order valence-corrected chi connectivity index (χ3v) is 5.18. The molecule has 0 radical (unpaired) electrons. The molecule has 112 valence electrons. The van der Waals surface area contributed by atoms with Crippen molar-refractivity contribution in [3.05, 3.63) is 0 Å². The van der Waals surface area contributed by atoms with Crippen LogP contribution in [-0.2, 0) is 9.59 Å². The summed E-state index contributed by atoms with van der Waals surface area (Å²) in [6, 6.07) is -0.176. The van der Waals surface area contributed by atoms with E-state index in [0.29, 0.717) is 12.5 Å². The van der Waals surface area contributed by atoms with E-state index in [4.69, 9.17) is 5.73 Å². The minimum atomic E-state index is -0.208. The Morgan fingerprint density at radius 2 is 1.80 bits per heavy atom.